The number of carbonyl (C=O) groups excluding carboxylic acids is 1. The molecule has 1 amide bonds. The Morgan fingerprint density at radius 3 is 2.51 bits per heavy atom. The number of amides is 1. The van der Waals surface area contributed by atoms with Crippen molar-refractivity contribution in [1.29, 1.82) is 0 Å². The smallest absolute Gasteiger partial charge is 0.272 e. The second kappa shape index (κ2) is 8.40. The van der Waals surface area contributed by atoms with Crippen molar-refractivity contribution in [2.75, 3.05) is 10.7 Å². The van der Waals surface area contributed by atoms with Gasteiger partial charge in [-0.05, 0) is 37.6 Å². The van der Waals surface area contributed by atoms with E-state index in [2.05, 4.69) is 19.9 Å². The van der Waals surface area contributed by atoms with Gasteiger partial charge in [0.15, 0.2) is 0 Å². The lowest BCUT2D eigenvalue weighted by atomic mass is 9.95. The van der Waals surface area contributed by atoms with Crippen molar-refractivity contribution in [3.63, 3.8) is 0 Å². The third kappa shape index (κ3) is 3.90. The maximum atomic E-state index is 13.7. The predicted molar refractivity (Wildman–Crippen MR) is 133 cm³/mol. The van der Waals surface area contributed by atoms with Gasteiger partial charge in [-0.1, -0.05) is 36.4 Å². The number of para-hydroxylation sites is 1. The molecule has 35 heavy (non-hydrogen) atoms. The Morgan fingerprint density at radius 2 is 1.74 bits per heavy atom. The van der Waals surface area contributed by atoms with Gasteiger partial charge in [0.1, 0.15) is 5.54 Å². The van der Waals surface area contributed by atoms with Crippen LogP contribution < -0.4 is 15.2 Å². The standard InChI is InChI=1S/C25H23N5O4S/c1-3-35(33,34)29-25(2)20-10-6-7-11-22(20)30(24(25)32)17-12-16(14-26-15-17)13-21-18-8-4-5-9-19(18)23(31)28-27-21/h4-12,14-15,29H,3,13H2,1-2H3,(H,28,31). The molecule has 3 heterocycles. The van der Waals surface area contributed by atoms with Gasteiger partial charge in [-0.3, -0.25) is 19.5 Å². The Kier molecular flexibility index (Phi) is 5.49. The van der Waals surface area contributed by atoms with Crippen molar-refractivity contribution in [3.8, 4) is 0 Å². The zero-order valence-electron chi connectivity index (χ0n) is 19.1. The van der Waals surface area contributed by atoms with Crippen LogP contribution in [0.1, 0.15) is 30.7 Å². The van der Waals surface area contributed by atoms with E-state index < -0.39 is 21.5 Å². The predicted octanol–water partition coefficient (Wildman–Crippen LogP) is 2.74. The molecule has 0 bridgehead atoms. The highest BCUT2D eigenvalue weighted by atomic mass is 32.2. The van der Waals surface area contributed by atoms with Crippen molar-refractivity contribution in [3.05, 3.63) is 94.2 Å². The summed E-state index contributed by atoms with van der Waals surface area (Å²) in [7, 11) is -3.67. The van der Waals surface area contributed by atoms with E-state index in [9.17, 15) is 18.0 Å². The molecule has 0 radical (unpaired) electrons. The van der Waals surface area contributed by atoms with E-state index in [0.29, 0.717) is 34.4 Å². The van der Waals surface area contributed by atoms with Crippen molar-refractivity contribution in [2.24, 2.45) is 0 Å². The molecule has 1 unspecified atom stereocenters. The maximum absolute atomic E-state index is 13.7. The fraction of sp³-hybridized carbons (Fsp3) is 0.200. The molecule has 0 saturated heterocycles. The number of carbonyl (C=O) groups is 1. The van der Waals surface area contributed by atoms with Crippen molar-refractivity contribution >= 4 is 38.1 Å². The summed E-state index contributed by atoms with van der Waals surface area (Å²) < 4.78 is 27.4. The second-order valence-electron chi connectivity index (χ2n) is 8.56. The van der Waals surface area contributed by atoms with E-state index >= 15 is 0 Å². The van der Waals surface area contributed by atoms with E-state index in [-0.39, 0.29) is 11.3 Å². The Morgan fingerprint density at radius 1 is 1.03 bits per heavy atom. The molecule has 0 aliphatic carbocycles. The molecule has 178 valence electrons. The van der Waals surface area contributed by atoms with Gasteiger partial charge in [0.05, 0.1) is 34.4 Å². The molecule has 1 aliphatic rings. The Hall–Kier alpha value is -3.89. The van der Waals surface area contributed by atoms with Crippen LogP contribution in [-0.4, -0.2) is 35.3 Å². The summed E-state index contributed by atoms with van der Waals surface area (Å²) in [5.74, 6) is -0.558. The van der Waals surface area contributed by atoms with Crippen LogP contribution in [0.3, 0.4) is 0 Å². The highest BCUT2D eigenvalue weighted by molar-refractivity contribution is 7.89. The molecule has 5 rings (SSSR count). The lowest BCUT2D eigenvalue weighted by Crippen LogP contribution is -2.50. The molecular weight excluding hydrogens is 466 g/mol. The van der Waals surface area contributed by atoms with Gasteiger partial charge < -0.3 is 0 Å². The summed E-state index contributed by atoms with van der Waals surface area (Å²) in [5, 5.41) is 8.05. The van der Waals surface area contributed by atoms with Crippen molar-refractivity contribution < 1.29 is 13.2 Å². The number of pyridine rings is 1. The van der Waals surface area contributed by atoms with Gasteiger partial charge in [0, 0.05) is 23.6 Å². The molecule has 1 atom stereocenters. The number of aromatic amines is 1. The zero-order valence-corrected chi connectivity index (χ0v) is 20.0. The second-order valence-corrected chi connectivity index (χ2v) is 10.6. The molecular formula is C25H23N5O4S. The number of benzene rings is 2. The summed E-state index contributed by atoms with van der Waals surface area (Å²) in [5.41, 5.74) is 1.41. The van der Waals surface area contributed by atoms with Crippen molar-refractivity contribution in [1.82, 2.24) is 19.9 Å². The normalized spacial score (nSPS) is 17.7. The average Bonchev–Trinajstić information content (AvgIpc) is 3.07. The average molecular weight is 490 g/mol. The van der Waals surface area contributed by atoms with Gasteiger partial charge in [0.2, 0.25) is 10.0 Å². The first kappa shape index (κ1) is 22.9. The number of fused-ring (bicyclic) bond motifs is 2. The van der Waals surface area contributed by atoms with Crippen LogP contribution in [-0.2, 0) is 26.8 Å². The topological polar surface area (TPSA) is 125 Å². The van der Waals surface area contributed by atoms with E-state index in [1.807, 2.05) is 18.2 Å². The van der Waals surface area contributed by atoms with E-state index in [1.54, 1.807) is 55.7 Å². The minimum atomic E-state index is -3.67. The number of anilines is 2. The maximum Gasteiger partial charge on any atom is 0.272 e. The van der Waals surface area contributed by atoms with Crippen LogP contribution in [0.15, 0.2) is 71.8 Å². The molecule has 0 spiro atoms. The highest BCUT2D eigenvalue weighted by Gasteiger charge is 2.50. The molecule has 9 nitrogen and oxygen atoms in total. The number of sulfonamides is 1. The lowest BCUT2D eigenvalue weighted by Gasteiger charge is -2.25. The number of nitrogens with one attached hydrogen (secondary N) is 2. The van der Waals surface area contributed by atoms with E-state index in [0.717, 1.165) is 10.9 Å². The first-order valence-corrected chi connectivity index (χ1v) is 12.7. The molecule has 0 saturated carbocycles. The monoisotopic (exact) mass is 489 g/mol. The van der Waals surface area contributed by atoms with Crippen LogP contribution in [0.4, 0.5) is 11.4 Å². The van der Waals surface area contributed by atoms with Crippen LogP contribution in [0.25, 0.3) is 10.8 Å². The molecule has 0 fully saturated rings. The molecule has 1 aliphatic heterocycles. The first-order valence-electron chi connectivity index (χ1n) is 11.1. The third-order valence-corrected chi connectivity index (χ3v) is 7.72. The SMILES string of the molecule is CCS(=O)(=O)NC1(C)C(=O)N(c2cncc(Cc3n[nH]c(=O)c4ccccc34)c2)c2ccccc21. The number of aromatic nitrogens is 3. The van der Waals surface area contributed by atoms with E-state index in [1.165, 1.54) is 11.8 Å². The molecule has 2 aromatic heterocycles. The molecule has 2 N–H and O–H groups in total. The minimum Gasteiger partial charge on any atom is -0.277 e. The van der Waals surface area contributed by atoms with Crippen LogP contribution in [0.5, 0.6) is 0 Å². The quantitative estimate of drug-likeness (QED) is 0.429. The first-order chi connectivity index (χ1) is 16.7. The summed E-state index contributed by atoms with van der Waals surface area (Å²) >= 11 is 0. The van der Waals surface area contributed by atoms with Gasteiger partial charge in [-0.15, -0.1) is 0 Å². The number of rotatable bonds is 6. The summed E-state index contributed by atoms with van der Waals surface area (Å²) in [6.45, 7) is 3.10. The molecule has 2 aromatic carbocycles. The Labute approximate surface area is 201 Å². The summed E-state index contributed by atoms with van der Waals surface area (Å²) in [6, 6.07) is 16.2. The Bertz CT molecular complexity index is 1630. The highest BCUT2D eigenvalue weighted by Crippen LogP contribution is 2.44. The lowest BCUT2D eigenvalue weighted by molar-refractivity contribution is -0.122. The van der Waals surface area contributed by atoms with Crippen LogP contribution in [0, 0.1) is 0 Å². The minimum absolute atomic E-state index is 0.144. The van der Waals surface area contributed by atoms with Crippen LogP contribution >= 0.6 is 0 Å². The summed E-state index contributed by atoms with van der Waals surface area (Å²) in [4.78, 5) is 31.6. The Balaban J connectivity index is 1.55. The fourth-order valence-electron chi connectivity index (χ4n) is 4.47. The summed E-state index contributed by atoms with van der Waals surface area (Å²) in [6.07, 6.45) is 3.62. The number of hydrogen-bond acceptors (Lipinski definition) is 6. The number of hydrogen-bond donors (Lipinski definition) is 2. The van der Waals surface area contributed by atoms with Crippen LogP contribution in [0.2, 0.25) is 0 Å². The zero-order chi connectivity index (χ0) is 24.8. The fourth-order valence-corrected chi connectivity index (χ4v) is 5.43. The molecule has 4 aromatic rings. The van der Waals surface area contributed by atoms with Crippen molar-refractivity contribution in [2.45, 2.75) is 25.8 Å². The van der Waals surface area contributed by atoms with E-state index in [4.69, 9.17) is 0 Å². The van der Waals surface area contributed by atoms with Gasteiger partial charge >= 0.3 is 0 Å². The number of nitrogens with zero attached hydrogens (tertiary/aromatic N) is 3. The van der Waals surface area contributed by atoms with Gasteiger partial charge in [-0.25, -0.2) is 13.5 Å². The third-order valence-electron chi connectivity index (χ3n) is 6.24. The molecule has 10 heteroatoms. The number of H-pyrrole nitrogens is 1. The largest absolute Gasteiger partial charge is 0.277 e. The van der Waals surface area contributed by atoms with Gasteiger partial charge in [-0.2, -0.15) is 9.82 Å². The van der Waals surface area contributed by atoms with Gasteiger partial charge in [0.25, 0.3) is 11.5 Å².